The molecule has 0 unspecified atom stereocenters. The number of aryl methyl sites for hydroxylation is 1. The van der Waals surface area contributed by atoms with Gasteiger partial charge in [-0.15, -0.1) is 0 Å². The second kappa shape index (κ2) is 4.88. The molecule has 17 heavy (non-hydrogen) atoms. The van der Waals surface area contributed by atoms with E-state index in [-0.39, 0.29) is 12.5 Å². The number of carbonyl (C=O) groups excluding carboxylic acids is 1. The van der Waals surface area contributed by atoms with Gasteiger partial charge >= 0.3 is 0 Å². The highest BCUT2D eigenvalue weighted by molar-refractivity contribution is 5.95. The SMILES string of the molecule is Cc1c(C(=O)NCCCO)cnc2ncnn12. The number of fused-ring (bicyclic) bond motifs is 1. The Morgan fingerprint density at radius 3 is 3.12 bits per heavy atom. The lowest BCUT2D eigenvalue weighted by molar-refractivity contribution is 0.0949. The van der Waals surface area contributed by atoms with Crippen LogP contribution in [0.4, 0.5) is 0 Å². The molecule has 2 N–H and O–H groups in total. The van der Waals surface area contributed by atoms with E-state index in [1.54, 1.807) is 6.92 Å². The van der Waals surface area contributed by atoms with Gasteiger partial charge in [-0.05, 0) is 13.3 Å². The number of nitrogens with one attached hydrogen (secondary N) is 1. The van der Waals surface area contributed by atoms with Crippen molar-refractivity contribution in [2.75, 3.05) is 13.2 Å². The Morgan fingerprint density at radius 2 is 2.35 bits per heavy atom. The highest BCUT2D eigenvalue weighted by Crippen LogP contribution is 2.06. The summed E-state index contributed by atoms with van der Waals surface area (Å²) in [5, 5.41) is 15.3. The molecule has 2 aromatic heterocycles. The molecular weight excluding hydrogens is 222 g/mol. The summed E-state index contributed by atoms with van der Waals surface area (Å²) in [6.45, 7) is 2.27. The minimum atomic E-state index is -0.221. The number of amides is 1. The molecule has 2 rings (SSSR count). The van der Waals surface area contributed by atoms with Gasteiger partial charge in [0.1, 0.15) is 6.33 Å². The first-order chi connectivity index (χ1) is 8.24. The summed E-state index contributed by atoms with van der Waals surface area (Å²) in [6.07, 6.45) is 3.40. The summed E-state index contributed by atoms with van der Waals surface area (Å²) in [5.41, 5.74) is 1.15. The van der Waals surface area contributed by atoms with Crippen LogP contribution in [0.3, 0.4) is 0 Å². The minimum Gasteiger partial charge on any atom is -0.396 e. The predicted molar refractivity (Wildman–Crippen MR) is 59.6 cm³/mol. The van der Waals surface area contributed by atoms with Gasteiger partial charge < -0.3 is 10.4 Å². The minimum absolute atomic E-state index is 0.0552. The second-order valence-corrected chi connectivity index (χ2v) is 3.56. The summed E-state index contributed by atoms with van der Waals surface area (Å²) in [7, 11) is 0. The molecule has 0 atom stereocenters. The lowest BCUT2D eigenvalue weighted by atomic mass is 10.2. The number of rotatable bonds is 4. The van der Waals surface area contributed by atoms with Crippen molar-refractivity contribution in [3.8, 4) is 0 Å². The lowest BCUT2D eigenvalue weighted by Crippen LogP contribution is -2.26. The van der Waals surface area contributed by atoms with E-state index < -0.39 is 0 Å². The molecule has 2 heterocycles. The molecule has 0 fully saturated rings. The first-order valence-electron chi connectivity index (χ1n) is 5.28. The summed E-state index contributed by atoms with van der Waals surface area (Å²) in [4.78, 5) is 19.8. The maximum absolute atomic E-state index is 11.8. The zero-order chi connectivity index (χ0) is 12.3. The molecule has 90 valence electrons. The van der Waals surface area contributed by atoms with Crippen molar-refractivity contribution in [1.29, 1.82) is 0 Å². The van der Waals surface area contributed by atoms with Crippen molar-refractivity contribution >= 4 is 11.7 Å². The third-order valence-corrected chi connectivity index (χ3v) is 2.41. The number of hydrogen-bond donors (Lipinski definition) is 2. The van der Waals surface area contributed by atoms with Crippen molar-refractivity contribution in [2.45, 2.75) is 13.3 Å². The summed E-state index contributed by atoms with van der Waals surface area (Å²) < 4.78 is 1.51. The molecule has 0 aliphatic carbocycles. The Balaban J connectivity index is 2.23. The predicted octanol–water partition coefficient (Wildman–Crippen LogP) is -0.455. The van der Waals surface area contributed by atoms with Crippen LogP contribution in [0.25, 0.3) is 5.78 Å². The van der Waals surface area contributed by atoms with Gasteiger partial charge in [-0.1, -0.05) is 0 Å². The van der Waals surface area contributed by atoms with Crippen LogP contribution in [-0.2, 0) is 0 Å². The van der Waals surface area contributed by atoms with E-state index in [9.17, 15) is 4.79 Å². The molecule has 7 nitrogen and oxygen atoms in total. The van der Waals surface area contributed by atoms with Gasteiger partial charge in [0, 0.05) is 19.3 Å². The second-order valence-electron chi connectivity index (χ2n) is 3.56. The Labute approximate surface area is 97.5 Å². The van der Waals surface area contributed by atoms with Gasteiger partial charge in [0.25, 0.3) is 11.7 Å². The Morgan fingerprint density at radius 1 is 1.53 bits per heavy atom. The smallest absolute Gasteiger partial charge is 0.254 e. The number of hydrogen-bond acceptors (Lipinski definition) is 5. The van der Waals surface area contributed by atoms with Crippen LogP contribution in [-0.4, -0.2) is 43.7 Å². The normalized spacial score (nSPS) is 10.7. The third kappa shape index (κ3) is 2.23. The standard InChI is InChI=1S/C10H13N5O2/c1-7-8(9(17)11-3-2-4-16)5-12-10-13-6-14-15(7)10/h5-6,16H,2-4H2,1H3,(H,11,17). The summed E-state index contributed by atoms with van der Waals surface area (Å²) in [6, 6.07) is 0. The molecule has 0 spiro atoms. The average molecular weight is 235 g/mol. The van der Waals surface area contributed by atoms with Crippen LogP contribution < -0.4 is 5.32 Å². The highest BCUT2D eigenvalue weighted by Gasteiger charge is 2.12. The van der Waals surface area contributed by atoms with E-state index >= 15 is 0 Å². The van der Waals surface area contributed by atoms with Crippen LogP contribution in [0.5, 0.6) is 0 Å². The molecule has 0 aromatic carbocycles. The summed E-state index contributed by atoms with van der Waals surface area (Å²) in [5.74, 6) is 0.246. The molecule has 0 aliphatic rings. The Kier molecular flexibility index (Phi) is 3.29. The van der Waals surface area contributed by atoms with Crippen molar-refractivity contribution in [1.82, 2.24) is 24.9 Å². The number of aliphatic hydroxyl groups is 1. The average Bonchev–Trinajstić information content (AvgIpc) is 2.78. The molecule has 7 heteroatoms. The van der Waals surface area contributed by atoms with E-state index in [1.807, 2.05) is 0 Å². The first kappa shape index (κ1) is 11.5. The van der Waals surface area contributed by atoms with Gasteiger partial charge in [-0.3, -0.25) is 4.79 Å². The maximum atomic E-state index is 11.8. The summed E-state index contributed by atoms with van der Waals surface area (Å²) >= 11 is 0. The molecular formula is C10H13N5O2. The topological polar surface area (TPSA) is 92.4 Å². The van der Waals surface area contributed by atoms with Crippen LogP contribution in [0.15, 0.2) is 12.5 Å². The van der Waals surface area contributed by atoms with Crippen LogP contribution in [0.2, 0.25) is 0 Å². The van der Waals surface area contributed by atoms with Crippen molar-refractivity contribution in [3.63, 3.8) is 0 Å². The zero-order valence-corrected chi connectivity index (χ0v) is 9.42. The number of aromatic nitrogens is 4. The molecule has 0 radical (unpaired) electrons. The van der Waals surface area contributed by atoms with Gasteiger partial charge in [0.05, 0.1) is 11.3 Å². The van der Waals surface area contributed by atoms with Gasteiger partial charge in [0.15, 0.2) is 0 Å². The molecule has 0 bridgehead atoms. The lowest BCUT2D eigenvalue weighted by Gasteiger charge is -2.07. The zero-order valence-electron chi connectivity index (χ0n) is 9.42. The van der Waals surface area contributed by atoms with E-state index in [2.05, 4.69) is 20.4 Å². The quantitative estimate of drug-likeness (QED) is 0.700. The van der Waals surface area contributed by atoms with Crippen LogP contribution >= 0.6 is 0 Å². The fraction of sp³-hybridized carbons (Fsp3) is 0.400. The number of aliphatic hydroxyl groups excluding tert-OH is 1. The largest absolute Gasteiger partial charge is 0.396 e. The molecule has 2 aromatic rings. The number of nitrogens with zero attached hydrogens (tertiary/aromatic N) is 4. The third-order valence-electron chi connectivity index (χ3n) is 2.41. The van der Waals surface area contributed by atoms with Crippen LogP contribution in [0, 0.1) is 6.92 Å². The van der Waals surface area contributed by atoms with Crippen molar-refractivity contribution in [3.05, 3.63) is 23.8 Å². The molecule has 1 amide bonds. The first-order valence-corrected chi connectivity index (χ1v) is 5.28. The highest BCUT2D eigenvalue weighted by atomic mass is 16.3. The molecule has 0 aliphatic heterocycles. The van der Waals surface area contributed by atoms with Crippen molar-refractivity contribution < 1.29 is 9.90 Å². The monoisotopic (exact) mass is 235 g/mol. The van der Waals surface area contributed by atoms with Crippen molar-refractivity contribution in [2.24, 2.45) is 0 Å². The van der Waals surface area contributed by atoms with Gasteiger partial charge in [-0.2, -0.15) is 10.1 Å². The van der Waals surface area contributed by atoms with E-state index in [0.29, 0.717) is 30.0 Å². The van der Waals surface area contributed by atoms with Gasteiger partial charge in [-0.25, -0.2) is 9.50 Å². The maximum Gasteiger partial charge on any atom is 0.254 e. The van der Waals surface area contributed by atoms with E-state index in [4.69, 9.17) is 5.11 Å². The van der Waals surface area contributed by atoms with E-state index in [1.165, 1.54) is 17.0 Å². The van der Waals surface area contributed by atoms with Gasteiger partial charge in [0.2, 0.25) is 0 Å². The number of carbonyl (C=O) groups is 1. The molecule has 0 saturated heterocycles. The van der Waals surface area contributed by atoms with E-state index in [0.717, 1.165) is 0 Å². The Hall–Kier alpha value is -2.02. The van der Waals surface area contributed by atoms with Crippen LogP contribution in [0.1, 0.15) is 22.5 Å². The fourth-order valence-corrected chi connectivity index (χ4v) is 1.49. The molecule has 0 saturated carbocycles. The Bertz CT molecular complexity index is 536. The fourth-order valence-electron chi connectivity index (χ4n) is 1.49.